The number of nitrogens with zero attached hydrogens (tertiary/aromatic N) is 1. The van der Waals surface area contributed by atoms with Gasteiger partial charge in [-0.3, -0.25) is 19.7 Å². The van der Waals surface area contributed by atoms with Gasteiger partial charge in [0.05, 0.1) is 11.5 Å². The molecule has 0 aliphatic heterocycles. The Labute approximate surface area is 79.6 Å². The molecule has 1 amide bonds. The van der Waals surface area contributed by atoms with Gasteiger partial charge in [0.25, 0.3) is 5.69 Å². The molecular weight excluding hydrogens is 188 g/mol. The van der Waals surface area contributed by atoms with Crippen LogP contribution >= 0.6 is 0 Å². The van der Waals surface area contributed by atoms with Gasteiger partial charge < -0.3 is 0 Å². The average molecular weight is 195 g/mol. The molecule has 14 heavy (non-hydrogen) atoms. The first-order valence-corrected chi connectivity index (χ1v) is 3.71. The average Bonchev–Trinajstić information content (AvgIpc) is 2.19. The van der Waals surface area contributed by atoms with Gasteiger partial charge in [0, 0.05) is 12.1 Å². The molecule has 0 fully saturated rings. The number of benzene rings is 1. The van der Waals surface area contributed by atoms with Crippen LogP contribution in [0.1, 0.15) is 5.56 Å². The van der Waals surface area contributed by atoms with Crippen LogP contribution < -0.4 is 5.48 Å². The largest absolute Gasteiger partial charge is 0.335 e. The molecule has 6 heteroatoms. The van der Waals surface area contributed by atoms with Gasteiger partial charge in [-0.25, -0.2) is 5.48 Å². The molecule has 0 aliphatic rings. The third-order valence-corrected chi connectivity index (χ3v) is 1.50. The molecule has 73 valence electrons. The van der Waals surface area contributed by atoms with Crippen molar-refractivity contribution in [2.24, 2.45) is 0 Å². The van der Waals surface area contributed by atoms with Crippen molar-refractivity contribution in [2.75, 3.05) is 0 Å². The molecular formula is C8H7N2O4. The number of non-ortho nitro benzene ring substituents is 1. The van der Waals surface area contributed by atoms with Crippen molar-refractivity contribution in [3.8, 4) is 0 Å². The first-order valence-electron chi connectivity index (χ1n) is 3.71. The molecule has 0 unspecified atom stereocenters. The molecule has 1 aromatic rings. The summed E-state index contributed by atoms with van der Waals surface area (Å²) in [6, 6.07) is 5.82. The summed E-state index contributed by atoms with van der Waals surface area (Å²) < 4.78 is 0. The molecule has 1 N–H and O–H groups in total. The van der Waals surface area contributed by atoms with Crippen LogP contribution in [0.2, 0.25) is 0 Å². The number of hydroxylamine groups is 1. The van der Waals surface area contributed by atoms with E-state index in [9.17, 15) is 14.9 Å². The molecule has 0 bridgehead atoms. The van der Waals surface area contributed by atoms with Crippen LogP contribution in [-0.2, 0) is 16.2 Å². The standard InChI is InChI=1S/C8H7N2O4/c11-6-9-14-5-7-1-3-8(4-2-7)10(12)13/h1-4H,5H2,(H,9,11). The molecule has 0 heterocycles. The van der Waals surface area contributed by atoms with Crippen molar-refractivity contribution in [3.05, 3.63) is 39.9 Å². The first-order chi connectivity index (χ1) is 6.74. The fourth-order valence-corrected chi connectivity index (χ4v) is 0.863. The van der Waals surface area contributed by atoms with Crippen LogP contribution in [0.4, 0.5) is 5.69 Å². The Morgan fingerprint density at radius 2 is 2.07 bits per heavy atom. The minimum atomic E-state index is -0.484. The number of hydrogen-bond acceptors (Lipinski definition) is 4. The van der Waals surface area contributed by atoms with Crippen LogP contribution in [0.15, 0.2) is 24.3 Å². The van der Waals surface area contributed by atoms with Gasteiger partial charge in [0.1, 0.15) is 0 Å². The van der Waals surface area contributed by atoms with Crippen molar-refractivity contribution in [3.63, 3.8) is 0 Å². The number of amides is 1. The number of nitrogens with one attached hydrogen (secondary N) is 1. The summed E-state index contributed by atoms with van der Waals surface area (Å²) in [5.41, 5.74) is 2.63. The Kier molecular flexibility index (Phi) is 3.57. The minimum absolute atomic E-state index is 0.0173. The highest BCUT2D eigenvalue weighted by atomic mass is 16.6. The van der Waals surface area contributed by atoms with E-state index in [-0.39, 0.29) is 12.3 Å². The normalized spacial score (nSPS) is 9.43. The lowest BCUT2D eigenvalue weighted by molar-refractivity contribution is -0.384. The van der Waals surface area contributed by atoms with Crippen molar-refractivity contribution in [2.45, 2.75) is 6.61 Å². The third-order valence-electron chi connectivity index (χ3n) is 1.50. The maximum absolute atomic E-state index is 10.3. The van der Waals surface area contributed by atoms with E-state index in [0.29, 0.717) is 0 Å². The summed E-state index contributed by atoms with van der Waals surface area (Å²) >= 11 is 0. The van der Waals surface area contributed by atoms with E-state index < -0.39 is 4.92 Å². The highest BCUT2D eigenvalue weighted by Crippen LogP contribution is 2.11. The van der Waals surface area contributed by atoms with Gasteiger partial charge in [-0.1, -0.05) is 0 Å². The topological polar surface area (TPSA) is 81.5 Å². The smallest absolute Gasteiger partial charge is 0.268 e. The van der Waals surface area contributed by atoms with Crippen LogP contribution in [0.3, 0.4) is 0 Å². The Morgan fingerprint density at radius 3 is 2.57 bits per heavy atom. The second-order valence-electron chi connectivity index (χ2n) is 2.42. The van der Waals surface area contributed by atoms with E-state index in [1.54, 1.807) is 12.1 Å². The lowest BCUT2D eigenvalue weighted by Crippen LogP contribution is -2.10. The lowest BCUT2D eigenvalue weighted by atomic mass is 10.2. The van der Waals surface area contributed by atoms with Gasteiger partial charge in [0.2, 0.25) is 0 Å². The summed E-state index contributed by atoms with van der Waals surface area (Å²) in [7, 11) is 0. The van der Waals surface area contributed by atoms with Crippen molar-refractivity contribution >= 4 is 12.1 Å². The maximum atomic E-state index is 10.3. The molecule has 0 saturated heterocycles. The molecule has 1 rings (SSSR count). The number of nitro groups is 1. The van der Waals surface area contributed by atoms with E-state index in [4.69, 9.17) is 0 Å². The molecule has 1 radical (unpaired) electrons. The predicted molar refractivity (Wildman–Crippen MR) is 46.7 cm³/mol. The molecule has 6 nitrogen and oxygen atoms in total. The fourth-order valence-electron chi connectivity index (χ4n) is 0.863. The Balaban J connectivity index is 2.55. The quantitative estimate of drug-likeness (QED) is 0.324. The Bertz CT molecular complexity index is 323. The van der Waals surface area contributed by atoms with E-state index in [1.165, 1.54) is 18.5 Å². The number of nitro benzene ring substituents is 1. The van der Waals surface area contributed by atoms with Gasteiger partial charge in [-0.2, -0.15) is 0 Å². The van der Waals surface area contributed by atoms with Gasteiger partial charge in [0.15, 0.2) is 0 Å². The fraction of sp³-hybridized carbons (Fsp3) is 0.125. The van der Waals surface area contributed by atoms with Gasteiger partial charge >= 0.3 is 6.41 Å². The summed E-state index contributed by atoms with van der Waals surface area (Å²) in [5.74, 6) is 0. The molecule has 1 aromatic carbocycles. The number of rotatable bonds is 5. The van der Waals surface area contributed by atoms with Crippen molar-refractivity contribution < 1.29 is 14.6 Å². The van der Waals surface area contributed by atoms with Gasteiger partial charge in [-0.05, 0) is 17.7 Å². The molecule has 0 atom stereocenters. The van der Waals surface area contributed by atoms with Crippen LogP contribution in [0, 0.1) is 10.1 Å². The van der Waals surface area contributed by atoms with E-state index in [2.05, 4.69) is 4.84 Å². The van der Waals surface area contributed by atoms with Crippen LogP contribution in [0.25, 0.3) is 0 Å². The minimum Gasteiger partial charge on any atom is -0.268 e. The van der Waals surface area contributed by atoms with Crippen molar-refractivity contribution in [1.82, 2.24) is 5.48 Å². The number of carbonyl (C=O) groups excluding carboxylic acids is 1. The second kappa shape index (κ2) is 4.93. The third kappa shape index (κ3) is 2.83. The molecule has 0 spiro atoms. The lowest BCUT2D eigenvalue weighted by Gasteiger charge is -1.99. The summed E-state index contributed by atoms with van der Waals surface area (Å²) in [5, 5.41) is 10.3. The van der Waals surface area contributed by atoms with Crippen LogP contribution in [-0.4, -0.2) is 11.3 Å². The predicted octanol–water partition coefficient (Wildman–Crippen LogP) is 0.683. The maximum Gasteiger partial charge on any atom is 0.335 e. The second-order valence-corrected chi connectivity index (χ2v) is 2.42. The van der Waals surface area contributed by atoms with Gasteiger partial charge in [-0.15, -0.1) is 0 Å². The summed E-state index contributed by atoms with van der Waals surface area (Å²) in [6.07, 6.45) is 1.34. The highest BCUT2D eigenvalue weighted by Gasteiger charge is 2.03. The SMILES string of the molecule is O=[C]NOCc1ccc([N+](=O)[O-])cc1. The Morgan fingerprint density at radius 1 is 1.43 bits per heavy atom. The van der Waals surface area contributed by atoms with Crippen molar-refractivity contribution in [1.29, 1.82) is 0 Å². The zero-order valence-corrected chi connectivity index (χ0v) is 7.10. The summed E-state index contributed by atoms with van der Waals surface area (Å²) in [4.78, 5) is 24.1. The zero-order valence-electron chi connectivity index (χ0n) is 7.10. The molecule has 0 aliphatic carbocycles. The zero-order chi connectivity index (χ0) is 10.4. The molecule has 0 saturated carbocycles. The monoisotopic (exact) mass is 195 g/mol. The molecule has 0 aromatic heterocycles. The first kappa shape index (κ1) is 10.1. The van der Waals surface area contributed by atoms with E-state index >= 15 is 0 Å². The highest BCUT2D eigenvalue weighted by molar-refractivity contribution is 5.45. The summed E-state index contributed by atoms with van der Waals surface area (Å²) in [6.45, 7) is 0.146. The van der Waals surface area contributed by atoms with E-state index in [0.717, 1.165) is 5.56 Å². The van der Waals surface area contributed by atoms with E-state index in [1.807, 2.05) is 5.48 Å². The Hall–Kier alpha value is -1.95. The van der Waals surface area contributed by atoms with Crippen LogP contribution in [0.5, 0.6) is 0 Å². The number of hydrogen-bond donors (Lipinski definition) is 1.